The molecule has 3 aromatic heterocycles. The Kier molecular flexibility index (Phi) is 4.11. The molecule has 0 aliphatic heterocycles. The highest BCUT2D eigenvalue weighted by Crippen LogP contribution is 2.33. The second kappa shape index (κ2) is 6.29. The van der Waals surface area contributed by atoms with Crippen LogP contribution in [0.15, 0.2) is 17.1 Å². The Labute approximate surface area is 149 Å². The normalized spacial score (nSPS) is 15.4. The lowest BCUT2D eigenvalue weighted by Crippen LogP contribution is -2.38. The van der Waals surface area contributed by atoms with Gasteiger partial charge in [-0.05, 0) is 32.8 Å². The van der Waals surface area contributed by atoms with Gasteiger partial charge >= 0.3 is 0 Å². The zero-order chi connectivity index (χ0) is 17.6. The molecule has 6 nitrogen and oxygen atoms in total. The predicted molar refractivity (Wildman–Crippen MR) is 100 cm³/mol. The van der Waals surface area contributed by atoms with Crippen LogP contribution in [0.1, 0.15) is 37.5 Å². The fourth-order valence-corrected chi connectivity index (χ4v) is 4.87. The van der Waals surface area contributed by atoms with Crippen molar-refractivity contribution >= 4 is 38.4 Å². The molecular formula is C18H22N4O2S. The minimum atomic E-state index is -0.193. The summed E-state index contributed by atoms with van der Waals surface area (Å²) in [4.78, 5) is 26.4. The second-order valence-corrected chi connectivity index (χ2v) is 7.99. The molecule has 1 saturated carbocycles. The maximum Gasteiger partial charge on any atom is 0.291 e. The molecule has 0 spiro atoms. The summed E-state index contributed by atoms with van der Waals surface area (Å²) in [5.74, 6) is -0.131. The summed E-state index contributed by atoms with van der Waals surface area (Å²) in [6.45, 7) is 4.79. The summed E-state index contributed by atoms with van der Waals surface area (Å²) in [5, 5.41) is 8.16. The minimum Gasteiger partial charge on any atom is -0.352 e. The fraction of sp³-hybridized carbons (Fsp3) is 0.500. The van der Waals surface area contributed by atoms with Crippen molar-refractivity contribution < 1.29 is 4.79 Å². The van der Waals surface area contributed by atoms with Gasteiger partial charge in [-0.2, -0.15) is 5.10 Å². The van der Waals surface area contributed by atoms with E-state index in [0.29, 0.717) is 12.1 Å². The number of fused-ring (bicyclic) bond motifs is 3. The smallest absolute Gasteiger partial charge is 0.291 e. The van der Waals surface area contributed by atoms with E-state index < -0.39 is 0 Å². The molecule has 0 radical (unpaired) electrons. The van der Waals surface area contributed by atoms with Crippen molar-refractivity contribution in [3.8, 4) is 0 Å². The van der Waals surface area contributed by atoms with Crippen molar-refractivity contribution in [2.45, 2.75) is 58.7 Å². The molecule has 132 valence electrons. The van der Waals surface area contributed by atoms with Crippen LogP contribution < -0.4 is 10.9 Å². The van der Waals surface area contributed by atoms with Crippen LogP contribution >= 0.6 is 11.3 Å². The number of thiophene rings is 1. The molecule has 0 unspecified atom stereocenters. The molecule has 0 aromatic carbocycles. The lowest BCUT2D eigenvalue weighted by Gasteiger charge is -2.12. The number of rotatable bonds is 4. The number of aryl methyl sites for hydroxylation is 2. The van der Waals surface area contributed by atoms with Crippen LogP contribution in [0.25, 0.3) is 21.1 Å². The molecule has 1 fully saturated rings. The number of amides is 1. The summed E-state index contributed by atoms with van der Waals surface area (Å²) in [6.07, 6.45) is 6.11. The average molecular weight is 358 g/mol. The summed E-state index contributed by atoms with van der Waals surface area (Å²) >= 11 is 1.68. The number of aromatic nitrogens is 3. The average Bonchev–Trinajstić information content (AvgIpc) is 3.26. The lowest BCUT2D eigenvalue weighted by molar-refractivity contribution is -0.122. The van der Waals surface area contributed by atoms with Crippen LogP contribution in [0.2, 0.25) is 0 Å². The molecule has 1 amide bonds. The molecule has 25 heavy (non-hydrogen) atoms. The Morgan fingerprint density at radius 1 is 1.40 bits per heavy atom. The Morgan fingerprint density at radius 2 is 2.16 bits per heavy atom. The summed E-state index contributed by atoms with van der Waals surface area (Å²) < 4.78 is 4.42. The van der Waals surface area contributed by atoms with Crippen LogP contribution in [-0.2, 0) is 17.9 Å². The number of nitrogens with one attached hydrogen (secondary N) is 1. The number of nitrogens with zero attached hydrogens (tertiary/aromatic N) is 3. The highest BCUT2D eigenvalue weighted by Gasteiger charge is 2.20. The minimum absolute atomic E-state index is 0.0210. The van der Waals surface area contributed by atoms with Gasteiger partial charge in [0.2, 0.25) is 5.91 Å². The number of hydrogen-bond donors (Lipinski definition) is 1. The number of carbonyl (C=O) groups excluding carboxylic acids is 1. The lowest BCUT2D eigenvalue weighted by atomic mass is 10.2. The molecule has 1 aliphatic carbocycles. The Bertz CT molecular complexity index is 1010. The summed E-state index contributed by atoms with van der Waals surface area (Å²) in [6, 6.07) is 2.36. The van der Waals surface area contributed by atoms with Gasteiger partial charge in [0, 0.05) is 22.8 Å². The molecule has 3 aromatic rings. The molecule has 1 N–H and O–H groups in total. The van der Waals surface area contributed by atoms with Gasteiger partial charge in [-0.3, -0.25) is 9.59 Å². The first kappa shape index (κ1) is 16.3. The van der Waals surface area contributed by atoms with Gasteiger partial charge in [0.25, 0.3) is 5.56 Å². The van der Waals surface area contributed by atoms with E-state index in [1.807, 2.05) is 11.5 Å². The zero-order valence-corrected chi connectivity index (χ0v) is 15.4. The van der Waals surface area contributed by atoms with E-state index in [2.05, 4.69) is 23.4 Å². The van der Waals surface area contributed by atoms with E-state index >= 15 is 0 Å². The predicted octanol–water partition coefficient (Wildman–Crippen LogP) is 2.80. The summed E-state index contributed by atoms with van der Waals surface area (Å²) in [7, 11) is 0. The standard InChI is InChI=1S/C18H22N4O2S/c1-3-21-14-8-11(2)25-17(14)13-9-19-22(18(24)16(13)21)10-15(23)20-12-6-4-5-7-12/h8-9,12H,3-7,10H2,1-2H3,(H,20,23). The van der Waals surface area contributed by atoms with E-state index in [-0.39, 0.29) is 24.1 Å². The van der Waals surface area contributed by atoms with E-state index in [1.54, 1.807) is 17.5 Å². The Hall–Kier alpha value is -2.15. The zero-order valence-electron chi connectivity index (χ0n) is 14.5. The third kappa shape index (κ3) is 2.76. The van der Waals surface area contributed by atoms with Gasteiger partial charge < -0.3 is 9.88 Å². The quantitative estimate of drug-likeness (QED) is 0.780. The molecule has 0 atom stereocenters. The molecule has 4 rings (SSSR count). The highest BCUT2D eigenvalue weighted by atomic mass is 32.1. The van der Waals surface area contributed by atoms with Gasteiger partial charge in [0.1, 0.15) is 12.1 Å². The van der Waals surface area contributed by atoms with Gasteiger partial charge in [0.05, 0.1) is 16.4 Å². The van der Waals surface area contributed by atoms with Crippen molar-refractivity contribution in [2.24, 2.45) is 0 Å². The molecule has 0 bridgehead atoms. The first-order valence-electron chi connectivity index (χ1n) is 8.86. The van der Waals surface area contributed by atoms with Crippen LogP contribution in [0.3, 0.4) is 0 Å². The van der Waals surface area contributed by atoms with Crippen LogP contribution in [0, 0.1) is 6.92 Å². The van der Waals surface area contributed by atoms with Crippen LogP contribution in [-0.4, -0.2) is 26.3 Å². The first-order valence-corrected chi connectivity index (χ1v) is 9.68. The Balaban J connectivity index is 1.72. The largest absolute Gasteiger partial charge is 0.352 e. The van der Waals surface area contributed by atoms with Crippen molar-refractivity contribution in [3.05, 3.63) is 27.5 Å². The molecule has 0 saturated heterocycles. The van der Waals surface area contributed by atoms with E-state index in [4.69, 9.17) is 0 Å². The van der Waals surface area contributed by atoms with E-state index in [1.165, 1.54) is 9.56 Å². The number of carbonyl (C=O) groups is 1. The Morgan fingerprint density at radius 3 is 2.88 bits per heavy atom. The monoisotopic (exact) mass is 358 g/mol. The van der Waals surface area contributed by atoms with Crippen LogP contribution in [0.4, 0.5) is 0 Å². The fourth-order valence-electron chi connectivity index (χ4n) is 3.84. The molecular weight excluding hydrogens is 336 g/mol. The van der Waals surface area contributed by atoms with E-state index in [0.717, 1.165) is 41.3 Å². The maximum absolute atomic E-state index is 12.9. The van der Waals surface area contributed by atoms with E-state index in [9.17, 15) is 9.59 Å². The number of hydrogen-bond acceptors (Lipinski definition) is 4. The van der Waals surface area contributed by atoms with Gasteiger partial charge in [-0.1, -0.05) is 12.8 Å². The van der Waals surface area contributed by atoms with Crippen molar-refractivity contribution in [1.82, 2.24) is 19.7 Å². The van der Waals surface area contributed by atoms with Gasteiger partial charge in [-0.25, -0.2) is 4.68 Å². The van der Waals surface area contributed by atoms with Crippen molar-refractivity contribution in [1.29, 1.82) is 0 Å². The van der Waals surface area contributed by atoms with Crippen molar-refractivity contribution in [2.75, 3.05) is 0 Å². The molecule has 3 heterocycles. The third-order valence-corrected chi connectivity index (χ3v) is 6.06. The first-order chi connectivity index (χ1) is 12.1. The summed E-state index contributed by atoms with van der Waals surface area (Å²) in [5.41, 5.74) is 1.53. The SMILES string of the molecule is CCn1c2cc(C)sc2c2cnn(CC(=O)NC3CCCC3)c(=O)c21. The van der Waals surface area contributed by atoms with Crippen LogP contribution in [0.5, 0.6) is 0 Å². The topological polar surface area (TPSA) is 68.9 Å². The molecule has 7 heteroatoms. The highest BCUT2D eigenvalue weighted by molar-refractivity contribution is 7.20. The van der Waals surface area contributed by atoms with Gasteiger partial charge in [0.15, 0.2) is 0 Å². The third-order valence-electron chi connectivity index (χ3n) is 4.99. The molecule has 1 aliphatic rings. The maximum atomic E-state index is 12.9. The van der Waals surface area contributed by atoms with Gasteiger partial charge in [-0.15, -0.1) is 11.3 Å². The van der Waals surface area contributed by atoms with Crippen molar-refractivity contribution in [3.63, 3.8) is 0 Å². The second-order valence-electron chi connectivity index (χ2n) is 6.73.